The Balaban J connectivity index is 1.03. The van der Waals surface area contributed by atoms with Crippen molar-refractivity contribution in [1.82, 2.24) is 0 Å². The summed E-state index contributed by atoms with van der Waals surface area (Å²) in [7, 11) is 0. The van der Waals surface area contributed by atoms with Gasteiger partial charge >= 0.3 is 0 Å². The quantitative estimate of drug-likeness (QED) is 0.168. The second-order valence-corrected chi connectivity index (χ2v) is 17.0. The van der Waals surface area contributed by atoms with Crippen molar-refractivity contribution in [2.75, 3.05) is 9.80 Å². The lowest BCUT2D eigenvalue weighted by Crippen LogP contribution is -2.11. The minimum atomic E-state index is 0.834. The summed E-state index contributed by atoms with van der Waals surface area (Å²) < 4.78 is 13.4. The van der Waals surface area contributed by atoms with Crippen LogP contribution in [-0.2, 0) is 0 Å². The van der Waals surface area contributed by atoms with E-state index in [9.17, 15) is 0 Å². The van der Waals surface area contributed by atoms with E-state index in [0.29, 0.717) is 0 Å². The van der Waals surface area contributed by atoms with Gasteiger partial charge in [-0.25, -0.2) is 0 Å². The van der Waals surface area contributed by atoms with Gasteiger partial charge in [-0.05, 0) is 183 Å². The van der Waals surface area contributed by atoms with Crippen LogP contribution in [0.3, 0.4) is 0 Å². The third-order valence-corrected chi connectivity index (χ3v) is 13.1. The van der Waals surface area contributed by atoms with Gasteiger partial charge in [-0.3, -0.25) is 0 Å². The molecule has 0 fully saturated rings. The molecule has 0 radical (unpaired) electrons. The zero-order chi connectivity index (χ0) is 41.7. The first-order valence-corrected chi connectivity index (χ1v) is 21.2. The van der Waals surface area contributed by atoms with Gasteiger partial charge in [-0.2, -0.15) is 0 Å². The first kappa shape index (κ1) is 36.8. The van der Waals surface area contributed by atoms with Gasteiger partial charge in [0.2, 0.25) is 0 Å². The lowest BCUT2D eigenvalue weighted by Gasteiger charge is -2.28. The van der Waals surface area contributed by atoms with Crippen LogP contribution in [0.2, 0.25) is 0 Å². The first-order valence-electron chi connectivity index (χ1n) is 21.2. The van der Waals surface area contributed by atoms with Crippen LogP contribution in [-0.4, -0.2) is 0 Å². The molecule has 0 saturated heterocycles. The van der Waals surface area contributed by atoms with Crippen molar-refractivity contribution in [3.05, 3.63) is 191 Å². The predicted molar refractivity (Wildman–Crippen MR) is 259 cm³/mol. The summed E-state index contributed by atoms with van der Waals surface area (Å²) in [4.78, 5) is 4.73. The smallest absolute Gasteiger partial charge is 0.139 e. The van der Waals surface area contributed by atoms with Crippen LogP contribution in [0.25, 0.3) is 65.4 Å². The molecular formula is C57H46N2O2. The SMILES string of the molecule is Cc1ccc(N(c2ccc3cc4c(cc3c2)oc2cc3oc5cc6cc(N(c7ccc(C)cc7)c7cccc(C)c7C)ccc6cc5c3c(C)c24)c2cccc(C)c2C)cc1. The highest BCUT2D eigenvalue weighted by atomic mass is 16.3. The molecule has 0 aliphatic carbocycles. The molecule has 0 aliphatic heterocycles. The van der Waals surface area contributed by atoms with Gasteiger partial charge in [0, 0.05) is 61.7 Å². The van der Waals surface area contributed by atoms with Crippen molar-refractivity contribution in [2.24, 2.45) is 0 Å². The Kier molecular flexibility index (Phi) is 8.37. The number of rotatable bonds is 6. The standard InChI is InChI=1S/C57H46N2O2/c1-33-14-20-44(21-15-33)58(50-12-8-10-35(3)37(50)5)46-24-18-40-28-48-52(30-42(40)26-46)60-54-32-55-57(39(7)56(48)54)49-29-41-19-25-47(27-43(41)31-53(49)61-55)59(45-22-16-34(2)17-23-45)51-13-9-11-36(4)38(51)6/h8-32H,1-7H3. The third kappa shape index (κ3) is 5.96. The van der Waals surface area contributed by atoms with Crippen molar-refractivity contribution in [3.8, 4) is 0 Å². The number of aryl methyl sites for hydroxylation is 5. The molecule has 0 saturated carbocycles. The van der Waals surface area contributed by atoms with E-state index < -0.39 is 0 Å². The average Bonchev–Trinajstić information content (AvgIpc) is 3.80. The van der Waals surface area contributed by atoms with E-state index in [4.69, 9.17) is 8.83 Å². The van der Waals surface area contributed by atoms with E-state index in [2.05, 4.69) is 210 Å². The minimum absolute atomic E-state index is 0.834. The lowest BCUT2D eigenvalue weighted by atomic mass is 9.98. The van der Waals surface area contributed by atoms with Crippen molar-refractivity contribution >= 4 is 99.5 Å². The number of anilines is 6. The summed E-state index contributed by atoms with van der Waals surface area (Å²) in [5.41, 5.74) is 18.9. The fraction of sp³-hybridized carbons (Fsp3) is 0.123. The zero-order valence-corrected chi connectivity index (χ0v) is 35.6. The normalized spacial score (nSPS) is 11.9. The molecule has 0 amide bonds. The summed E-state index contributed by atoms with van der Waals surface area (Å²) in [6.45, 7) is 15.2. The second kappa shape index (κ2) is 13.9. The monoisotopic (exact) mass is 790 g/mol. The Hall–Kier alpha value is -7.30. The van der Waals surface area contributed by atoms with Gasteiger partial charge in [0.05, 0.1) is 0 Å². The minimum Gasteiger partial charge on any atom is -0.456 e. The molecule has 2 heterocycles. The highest BCUT2D eigenvalue weighted by Gasteiger charge is 2.22. The van der Waals surface area contributed by atoms with Gasteiger partial charge in [0.1, 0.15) is 22.3 Å². The Morgan fingerprint density at radius 1 is 0.328 bits per heavy atom. The third-order valence-electron chi connectivity index (χ3n) is 13.1. The highest BCUT2D eigenvalue weighted by Crippen LogP contribution is 2.45. The average molecular weight is 791 g/mol. The molecule has 296 valence electrons. The van der Waals surface area contributed by atoms with Crippen LogP contribution >= 0.6 is 0 Å². The summed E-state index contributed by atoms with van der Waals surface area (Å²) in [6.07, 6.45) is 0. The van der Waals surface area contributed by atoms with E-state index in [1.165, 1.54) is 55.5 Å². The molecule has 61 heavy (non-hydrogen) atoms. The van der Waals surface area contributed by atoms with Crippen LogP contribution < -0.4 is 9.80 Å². The predicted octanol–water partition coefficient (Wildman–Crippen LogP) is 16.9. The molecule has 9 aromatic carbocycles. The number of furan rings is 2. The number of nitrogens with zero attached hydrogens (tertiary/aromatic N) is 2. The molecule has 0 unspecified atom stereocenters. The Bertz CT molecular complexity index is 3320. The molecule has 4 heteroatoms. The molecular weight excluding hydrogens is 745 g/mol. The first-order chi connectivity index (χ1) is 29.6. The summed E-state index contributed by atoms with van der Waals surface area (Å²) in [5.74, 6) is 0. The Morgan fingerprint density at radius 2 is 0.738 bits per heavy atom. The van der Waals surface area contributed by atoms with Gasteiger partial charge in [0.15, 0.2) is 0 Å². The molecule has 4 nitrogen and oxygen atoms in total. The fourth-order valence-corrected chi connectivity index (χ4v) is 9.39. The topological polar surface area (TPSA) is 32.8 Å². The number of benzene rings is 9. The molecule has 11 rings (SSSR count). The summed E-state index contributed by atoms with van der Waals surface area (Å²) in [6, 6.07) is 55.3. The lowest BCUT2D eigenvalue weighted by molar-refractivity contribution is 0.656. The number of hydrogen-bond donors (Lipinski definition) is 0. The number of fused-ring (bicyclic) bond motifs is 8. The van der Waals surface area contributed by atoms with Gasteiger partial charge in [-0.15, -0.1) is 0 Å². The Labute approximate surface area is 355 Å². The summed E-state index contributed by atoms with van der Waals surface area (Å²) >= 11 is 0. The fourth-order valence-electron chi connectivity index (χ4n) is 9.39. The van der Waals surface area contributed by atoms with E-state index in [1.807, 2.05) is 0 Å². The van der Waals surface area contributed by atoms with E-state index in [-0.39, 0.29) is 0 Å². The maximum Gasteiger partial charge on any atom is 0.139 e. The molecule has 0 aliphatic rings. The molecule has 2 aromatic heterocycles. The van der Waals surface area contributed by atoms with Crippen molar-refractivity contribution < 1.29 is 8.83 Å². The zero-order valence-electron chi connectivity index (χ0n) is 35.6. The van der Waals surface area contributed by atoms with Crippen molar-refractivity contribution in [3.63, 3.8) is 0 Å². The maximum atomic E-state index is 6.71. The Morgan fingerprint density at radius 3 is 1.16 bits per heavy atom. The van der Waals surface area contributed by atoms with E-state index in [1.54, 1.807) is 0 Å². The largest absolute Gasteiger partial charge is 0.456 e. The maximum absolute atomic E-state index is 6.71. The molecule has 11 aromatic rings. The van der Waals surface area contributed by atoms with Crippen molar-refractivity contribution in [2.45, 2.75) is 48.5 Å². The van der Waals surface area contributed by atoms with E-state index >= 15 is 0 Å². The van der Waals surface area contributed by atoms with Gasteiger partial charge in [-0.1, -0.05) is 71.8 Å². The van der Waals surface area contributed by atoms with Crippen LogP contribution in [0.15, 0.2) is 160 Å². The molecule has 0 bridgehead atoms. The van der Waals surface area contributed by atoms with Gasteiger partial charge < -0.3 is 18.6 Å². The molecule has 0 atom stereocenters. The molecule has 0 spiro atoms. The number of hydrogen-bond acceptors (Lipinski definition) is 4. The van der Waals surface area contributed by atoms with E-state index in [0.717, 1.165) is 83.0 Å². The van der Waals surface area contributed by atoms with Crippen LogP contribution in [0.4, 0.5) is 34.1 Å². The highest BCUT2D eigenvalue weighted by molar-refractivity contribution is 6.21. The van der Waals surface area contributed by atoms with Crippen molar-refractivity contribution in [1.29, 1.82) is 0 Å². The molecule has 0 N–H and O–H groups in total. The summed E-state index contributed by atoms with van der Waals surface area (Å²) in [5, 5.41) is 9.08. The van der Waals surface area contributed by atoms with Crippen LogP contribution in [0.5, 0.6) is 0 Å². The van der Waals surface area contributed by atoms with Crippen LogP contribution in [0, 0.1) is 48.5 Å². The van der Waals surface area contributed by atoms with Gasteiger partial charge in [0.25, 0.3) is 0 Å². The van der Waals surface area contributed by atoms with Crippen LogP contribution in [0.1, 0.15) is 38.9 Å². The second-order valence-electron chi connectivity index (χ2n) is 17.0.